The number of halogens is 2. The minimum atomic E-state index is -4.30. The molecule has 0 fully saturated rings. The molecule has 0 saturated heterocycles. The van der Waals surface area contributed by atoms with E-state index in [-0.39, 0.29) is 12.4 Å². The van der Waals surface area contributed by atoms with Crippen molar-refractivity contribution in [3.05, 3.63) is 23.8 Å². The molecule has 0 atom stereocenters. The monoisotopic (exact) mass is 295 g/mol. The van der Waals surface area contributed by atoms with Crippen molar-refractivity contribution in [2.24, 2.45) is 5.14 Å². The molecule has 5 nitrogen and oxygen atoms in total. The third kappa shape index (κ3) is 4.41. The molecule has 19 heavy (non-hydrogen) atoms. The van der Waals surface area contributed by atoms with Crippen LogP contribution in [0.3, 0.4) is 0 Å². The third-order valence-electron chi connectivity index (χ3n) is 2.21. The Labute approximate surface area is 110 Å². The van der Waals surface area contributed by atoms with Crippen molar-refractivity contribution in [1.82, 2.24) is 0 Å². The van der Waals surface area contributed by atoms with Crippen molar-refractivity contribution in [3.8, 4) is 5.75 Å². The summed E-state index contributed by atoms with van der Waals surface area (Å²) in [6.07, 6.45) is 0.506. The first-order valence-corrected chi connectivity index (χ1v) is 7.14. The second kappa shape index (κ2) is 6.78. The second-order valence-corrected chi connectivity index (χ2v) is 5.16. The summed E-state index contributed by atoms with van der Waals surface area (Å²) >= 11 is 0. The maximum absolute atomic E-state index is 13.5. The van der Waals surface area contributed by atoms with Gasteiger partial charge < -0.3 is 9.47 Å². The Morgan fingerprint density at radius 1 is 1.21 bits per heavy atom. The van der Waals surface area contributed by atoms with Crippen LogP contribution in [-0.4, -0.2) is 28.2 Å². The van der Waals surface area contributed by atoms with Crippen LogP contribution in [0, 0.1) is 11.6 Å². The summed E-state index contributed by atoms with van der Waals surface area (Å²) in [5.41, 5.74) is 0. The minimum Gasteiger partial charge on any atom is -0.490 e. The molecule has 8 heteroatoms. The standard InChI is InChI=1S/C11H15F2NO4S/c1-2-17-6-3-7-18-8-4-5-9(19(14,15)16)11(13)10(8)12/h4-5H,2-3,6-7H2,1H3,(H2,14,15,16). The second-order valence-electron chi connectivity index (χ2n) is 3.63. The van der Waals surface area contributed by atoms with Gasteiger partial charge in [-0.25, -0.2) is 17.9 Å². The molecule has 108 valence electrons. The average molecular weight is 295 g/mol. The fourth-order valence-corrected chi connectivity index (χ4v) is 1.93. The summed E-state index contributed by atoms with van der Waals surface area (Å²) in [5.74, 6) is -3.27. The lowest BCUT2D eigenvalue weighted by Crippen LogP contribution is -2.15. The molecule has 0 saturated carbocycles. The molecule has 0 spiro atoms. The zero-order valence-electron chi connectivity index (χ0n) is 10.4. The SMILES string of the molecule is CCOCCCOc1ccc(S(N)(=O)=O)c(F)c1F. The molecule has 1 rings (SSSR count). The maximum atomic E-state index is 13.5. The summed E-state index contributed by atoms with van der Waals surface area (Å²) in [6.45, 7) is 2.97. The van der Waals surface area contributed by atoms with Crippen molar-refractivity contribution >= 4 is 10.0 Å². The van der Waals surface area contributed by atoms with Crippen molar-refractivity contribution in [2.75, 3.05) is 19.8 Å². The van der Waals surface area contributed by atoms with Gasteiger partial charge in [0.15, 0.2) is 11.6 Å². The van der Waals surface area contributed by atoms with E-state index in [2.05, 4.69) is 0 Å². The number of nitrogens with two attached hydrogens (primary N) is 1. The van der Waals surface area contributed by atoms with E-state index in [0.717, 1.165) is 12.1 Å². The summed E-state index contributed by atoms with van der Waals surface area (Å²) in [7, 11) is -4.30. The number of benzene rings is 1. The van der Waals surface area contributed by atoms with Gasteiger partial charge in [-0.1, -0.05) is 0 Å². The highest BCUT2D eigenvalue weighted by Crippen LogP contribution is 2.24. The molecular weight excluding hydrogens is 280 g/mol. The molecule has 0 unspecified atom stereocenters. The first-order chi connectivity index (χ1) is 8.88. The number of ether oxygens (including phenoxy) is 2. The molecule has 0 radical (unpaired) electrons. The van der Waals surface area contributed by atoms with Crippen LogP contribution in [0.4, 0.5) is 8.78 Å². The smallest absolute Gasteiger partial charge is 0.241 e. The summed E-state index contributed by atoms with van der Waals surface area (Å²) in [5, 5.41) is 4.74. The Hall–Kier alpha value is -1.25. The summed E-state index contributed by atoms with van der Waals surface area (Å²) in [4.78, 5) is -0.897. The van der Waals surface area contributed by atoms with Gasteiger partial charge in [0.05, 0.1) is 6.61 Å². The Bertz CT molecular complexity index is 534. The average Bonchev–Trinajstić information content (AvgIpc) is 2.32. The van der Waals surface area contributed by atoms with Crippen LogP contribution in [0.5, 0.6) is 5.75 Å². The van der Waals surface area contributed by atoms with Gasteiger partial charge in [0, 0.05) is 19.6 Å². The number of hydrogen-bond acceptors (Lipinski definition) is 4. The molecule has 2 N–H and O–H groups in total. The van der Waals surface area contributed by atoms with E-state index < -0.39 is 26.6 Å². The lowest BCUT2D eigenvalue weighted by atomic mass is 10.3. The van der Waals surface area contributed by atoms with Crippen LogP contribution < -0.4 is 9.88 Å². The molecule has 0 amide bonds. The van der Waals surface area contributed by atoms with E-state index in [1.165, 1.54) is 0 Å². The largest absolute Gasteiger partial charge is 0.490 e. The van der Waals surface area contributed by atoms with Crippen LogP contribution in [0.25, 0.3) is 0 Å². The predicted molar refractivity (Wildman–Crippen MR) is 64.3 cm³/mol. The van der Waals surface area contributed by atoms with Gasteiger partial charge in [0.2, 0.25) is 15.8 Å². The number of sulfonamides is 1. The van der Waals surface area contributed by atoms with Crippen LogP contribution in [0.2, 0.25) is 0 Å². The van der Waals surface area contributed by atoms with Gasteiger partial charge in [0.25, 0.3) is 0 Å². The Morgan fingerprint density at radius 3 is 2.47 bits per heavy atom. The van der Waals surface area contributed by atoms with Gasteiger partial charge in [-0.05, 0) is 19.1 Å². The predicted octanol–water partition coefficient (Wildman–Crippen LogP) is 1.42. The zero-order valence-corrected chi connectivity index (χ0v) is 11.2. The molecule has 0 aliphatic rings. The fraction of sp³-hybridized carbons (Fsp3) is 0.455. The highest BCUT2D eigenvalue weighted by molar-refractivity contribution is 7.89. The molecule has 0 heterocycles. The first kappa shape index (κ1) is 15.8. The first-order valence-electron chi connectivity index (χ1n) is 5.59. The Kier molecular flexibility index (Phi) is 5.64. The van der Waals surface area contributed by atoms with E-state index in [4.69, 9.17) is 14.6 Å². The number of hydrogen-bond donors (Lipinski definition) is 1. The van der Waals surface area contributed by atoms with E-state index in [9.17, 15) is 17.2 Å². The zero-order chi connectivity index (χ0) is 14.5. The molecule has 0 aliphatic carbocycles. The van der Waals surface area contributed by atoms with E-state index in [1.54, 1.807) is 0 Å². The van der Waals surface area contributed by atoms with Crippen molar-refractivity contribution in [1.29, 1.82) is 0 Å². The molecule has 1 aromatic rings. The molecule has 0 aliphatic heterocycles. The van der Waals surface area contributed by atoms with Gasteiger partial charge in [0.1, 0.15) is 4.90 Å². The molecule has 1 aromatic carbocycles. The van der Waals surface area contributed by atoms with Gasteiger partial charge in [-0.3, -0.25) is 0 Å². The van der Waals surface area contributed by atoms with Gasteiger partial charge >= 0.3 is 0 Å². The Morgan fingerprint density at radius 2 is 1.89 bits per heavy atom. The number of rotatable bonds is 7. The van der Waals surface area contributed by atoms with Crippen LogP contribution in [-0.2, 0) is 14.8 Å². The Balaban J connectivity index is 2.75. The normalized spacial score (nSPS) is 11.6. The van der Waals surface area contributed by atoms with Gasteiger partial charge in [-0.15, -0.1) is 0 Å². The van der Waals surface area contributed by atoms with E-state index in [1.807, 2.05) is 6.92 Å². The highest BCUT2D eigenvalue weighted by Gasteiger charge is 2.21. The fourth-order valence-electron chi connectivity index (χ4n) is 1.33. The van der Waals surface area contributed by atoms with Gasteiger partial charge in [-0.2, -0.15) is 4.39 Å². The topological polar surface area (TPSA) is 78.6 Å². The van der Waals surface area contributed by atoms with Crippen LogP contribution in [0.1, 0.15) is 13.3 Å². The van der Waals surface area contributed by atoms with E-state index in [0.29, 0.717) is 19.6 Å². The minimum absolute atomic E-state index is 0.130. The summed E-state index contributed by atoms with van der Waals surface area (Å²) in [6, 6.07) is 1.89. The quantitative estimate of drug-likeness (QED) is 0.772. The third-order valence-corrected chi connectivity index (χ3v) is 3.14. The highest BCUT2D eigenvalue weighted by atomic mass is 32.2. The lowest BCUT2D eigenvalue weighted by molar-refractivity contribution is 0.130. The molecular formula is C11H15F2NO4S. The van der Waals surface area contributed by atoms with E-state index >= 15 is 0 Å². The number of primary sulfonamides is 1. The maximum Gasteiger partial charge on any atom is 0.241 e. The summed E-state index contributed by atoms with van der Waals surface area (Å²) < 4.78 is 58.9. The van der Waals surface area contributed by atoms with Crippen molar-refractivity contribution < 1.29 is 26.7 Å². The van der Waals surface area contributed by atoms with Crippen molar-refractivity contribution in [2.45, 2.75) is 18.2 Å². The lowest BCUT2D eigenvalue weighted by Gasteiger charge is -2.09. The van der Waals surface area contributed by atoms with Crippen LogP contribution >= 0.6 is 0 Å². The van der Waals surface area contributed by atoms with Crippen LogP contribution in [0.15, 0.2) is 17.0 Å². The molecule has 0 bridgehead atoms. The molecule has 0 aromatic heterocycles. The van der Waals surface area contributed by atoms with Crippen molar-refractivity contribution in [3.63, 3.8) is 0 Å².